The maximum Gasteiger partial charge on any atom is 0.309 e. The van der Waals surface area contributed by atoms with Crippen LogP contribution in [0.1, 0.15) is 20.3 Å². The molecule has 0 radical (unpaired) electrons. The fourth-order valence-corrected chi connectivity index (χ4v) is 1.71. The molecule has 0 aliphatic carbocycles. The van der Waals surface area contributed by atoms with Gasteiger partial charge in [-0.1, -0.05) is 13.8 Å². The van der Waals surface area contributed by atoms with Crippen molar-refractivity contribution >= 4 is 0 Å². The Balaban J connectivity index is 2.60. The molecule has 2 nitrogen and oxygen atoms in total. The zero-order chi connectivity index (χ0) is 9.90. The number of halogens is 2. The molecule has 1 atom stereocenters. The Morgan fingerprint density at radius 2 is 2.00 bits per heavy atom. The third-order valence-electron chi connectivity index (χ3n) is 2.61. The van der Waals surface area contributed by atoms with Gasteiger partial charge in [-0.3, -0.25) is 0 Å². The van der Waals surface area contributed by atoms with Gasteiger partial charge in [0, 0.05) is 19.7 Å². The van der Waals surface area contributed by atoms with Gasteiger partial charge in [-0.2, -0.15) is 8.78 Å². The number of rotatable bonds is 4. The van der Waals surface area contributed by atoms with Gasteiger partial charge >= 0.3 is 6.05 Å². The monoisotopic (exact) mass is 193 g/mol. The molecule has 1 rings (SSSR count). The van der Waals surface area contributed by atoms with Crippen molar-refractivity contribution in [3.8, 4) is 0 Å². The minimum atomic E-state index is -2.69. The van der Waals surface area contributed by atoms with Crippen molar-refractivity contribution in [3.63, 3.8) is 0 Å². The number of ether oxygens (including phenoxy) is 1. The Morgan fingerprint density at radius 1 is 1.38 bits per heavy atom. The van der Waals surface area contributed by atoms with E-state index in [4.69, 9.17) is 4.74 Å². The first kappa shape index (κ1) is 10.9. The maximum absolute atomic E-state index is 13.6. The van der Waals surface area contributed by atoms with E-state index in [1.807, 2.05) is 0 Å². The maximum atomic E-state index is 13.6. The van der Waals surface area contributed by atoms with Crippen LogP contribution in [-0.4, -0.2) is 37.2 Å². The molecule has 0 aromatic rings. The van der Waals surface area contributed by atoms with E-state index in [1.54, 1.807) is 13.8 Å². The third kappa shape index (κ3) is 2.17. The zero-order valence-corrected chi connectivity index (χ0v) is 8.22. The summed E-state index contributed by atoms with van der Waals surface area (Å²) in [6.07, 6.45) is 0.476. The van der Waals surface area contributed by atoms with Crippen LogP contribution >= 0.6 is 0 Å². The summed E-state index contributed by atoms with van der Waals surface area (Å²) in [7, 11) is 0. The summed E-state index contributed by atoms with van der Waals surface area (Å²) in [5.41, 5.74) is 0. The van der Waals surface area contributed by atoms with E-state index in [2.05, 4.69) is 0 Å². The highest BCUT2D eigenvalue weighted by Crippen LogP contribution is 2.33. The molecule has 1 aliphatic heterocycles. The Bertz CT molecular complexity index is 150. The molecule has 1 aliphatic rings. The van der Waals surface area contributed by atoms with Gasteiger partial charge < -0.3 is 4.74 Å². The lowest BCUT2D eigenvalue weighted by Gasteiger charge is -2.32. The topological polar surface area (TPSA) is 12.5 Å². The van der Waals surface area contributed by atoms with Crippen LogP contribution in [0.15, 0.2) is 0 Å². The van der Waals surface area contributed by atoms with Gasteiger partial charge in [-0.25, -0.2) is 4.90 Å². The molecule has 0 bridgehead atoms. The Kier molecular flexibility index (Phi) is 3.62. The van der Waals surface area contributed by atoms with Crippen LogP contribution in [0.5, 0.6) is 0 Å². The minimum Gasteiger partial charge on any atom is -0.381 e. The predicted octanol–water partition coefficient (Wildman–Crippen LogP) is 1.96. The lowest BCUT2D eigenvalue weighted by atomic mass is 10.1. The summed E-state index contributed by atoms with van der Waals surface area (Å²) in [5.74, 6) is -0.618. The second-order valence-corrected chi connectivity index (χ2v) is 3.32. The lowest BCUT2D eigenvalue weighted by Crippen LogP contribution is -2.47. The summed E-state index contributed by atoms with van der Waals surface area (Å²) in [6.45, 7) is 4.96. The highest BCUT2D eigenvalue weighted by atomic mass is 19.3. The smallest absolute Gasteiger partial charge is 0.309 e. The summed E-state index contributed by atoms with van der Waals surface area (Å²) >= 11 is 0. The quantitative estimate of drug-likeness (QED) is 0.633. The fourth-order valence-electron chi connectivity index (χ4n) is 1.71. The van der Waals surface area contributed by atoms with Gasteiger partial charge in [-0.15, -0.1) is 0 Å². The number of hydrogen-bond donors (Lipinski definition) is 0. The standard InChI is InChI=1S/C9H17F2NO/c1-3-12(4-2)9(10,11)8-5-6-13-7-8/h8H,3-7H2,1-2H3. The van der Waals surface area contributed by atoms with Gasteiger partial charge in [0.25, 0.3) is 0 Å². The summed E-state index contributed by atoms with van der Waals surface area (Å²) in [6, 6.07) is -2.69. The number of alkyl halides is 2. The van der Waals surface area contributed by atoms with Crippen molar-refractivity contribution in [1.82, 2.24) is 4.90 Å². The summed E-state index contributed by atoms with van der Waals surface area (Å²) in [5, 5.41) is 0. The van der Waals surface area contributed by atoms with Crippen molar-refractivity contribution in [2.24, 2.45) is 5.92 Å². The molecule has 0 aromatic heterocycles. The largest absolute Gasteiger partial charge is 0.381 e. The molecule has 1 unspecified atom stereocenters. The molecule has 0 spiro atoms. The molecule has 1 fully saturated rings. The normalized spacial score (nSPS) is 24.2. The van der Waals surface area contributed by atoms with Crippen LogP contribution in [0.2, 0.25) is 0 Å². The molecule has 1 heterocycles. The zero-order valence-electron chi connectivity index (χ0n) is 8.22. The molecule has 0 aromatic carbocycles. The highest BCUT2D eigenvalue weighted by molar-refractivity contribution is 4.80. The van der Waals surface area contributed by atoms with Crippen LogP contribution in [0.4, 0.5) is 8.78 Å². The highest BCUT2D eigenvalue weighted by Gasteiger charge is 2.45. The summed E-state index contributed by atoms with van der Waals surface area (Å²) < 4.78 is 32.3. The van der Waals surface area contributed by atoms with E-state index >= 15 is 0 Å². The molecule has 4 heteroatoms. The molecule has 78 valence electrons. The number of hydrogen-bond acceptors (Lipinski definition) is 2. The third-order valence-corrected chi connectivity index (χ3v) is 2.61. The van der Waals surface area contributed by atoms with Crippen LogP contribution in [0, 0.1) is 5.92 Å². The van der Waals surface area contributed by atoms with Crippen molar-refractivity contribution in [2.45, 2.75) is 26.3 Å². The first-order chi connectivity index (χ1) is 6.12. The van der Waals surface area contributed by atoms with Crippen LogP contribution in [0.3, 0.4) is 0 Å². The van der Waals surface area contributed by atoms with Crippen molar-refractivity contribution in [3.05, 3.63) is 0 Å². The van der Waals surface area contributed by atoms with Crippen LogP contribution in [-0.2, 0) is 4.74 Å². The summed E-state index contributed by atoms with van der Waals surface area (Å²) in [4.78, 5) is 1.20. The van der Waals surface area contributed by atoms with E-state index in [0.717, 1.165) is 0 Å². The van der Waals surface area contributed by atoms with Gasteiger partial charge in [0.05, 0.1) is 12.5 Å². The molecule has 0 N–H and O–H groups in total. The van der Waals surface area contributed by atoms with Gasteiger partial charge in [0.1, 0.15) is 0 Å². The Labute approximate surface area is 77.9 Å². The van der Waals surface area contributed by atoms with Crippen molar-refractivity contribution in [1.29, 1.82) is 0 Å². The molecular formula is C9H17F2NO. The minimum absolute atomic E-state index is 0.198. The average molecular weight is 193 g/mol. The van der Waals surface area contributed by atoms with E-state index in [-0.39, 0.29) is 6.61 Å². The van der Waals surface area contributed by atoms with Gasteiger partial charge in [0.2, 0.25) is 0 Å². The lowest BCUT2D eigenvalue weighted by molar-refractivity contribution is -0.182. The average Bonchev–Trinajstić information content (AvgIpc) is 2.58. The Morgan fingerprint density at radius 3 is 2.38 bits per heavy atom. The molecule has 1 saturated heterocycles. The van der Waals surface area contributed by atoms with Gasteiger partial charge in [0.15, 0.2) is 0 Å². The predicted molar refractivity (Wildman–Crippen MR) is 46.8 cm³/mol. The van der Waals surface area contributed by atoms with E-state index < -0.39 is 12.0 Å². The van der Waals surface area contributed by atoms with Crippen LogP contribution < -0.4 is 0 Å². The second-order valence-electron chi connectivity index (χ2n) is 3.32. The fraction of sp³-hybridized carbons (Fsp3) is 1.00. The Hall–Kier alpha value is -0.220. The first-order valence-corrected chi connectivity index (χ1v) is 4.83. The molecular weight excluding hydrogens is 176 g/mol. The first-order valence-electron chi connectivity index (χ1n) is 4.83. The van der Waals surface area contributed by atoms with Crippen molar-refractivity contribution < 1.29 is 13.5 Å². The molecule has 0 saturated carbocycles. The molecule has 0 amide bonds. The second kappa shape index (κ2) is 4.33. The van der Waals surface area contributed by atoms with Gasteiger partial charge in [-0.05, 0) is 6.42 Å². The van der Waals surface area contributed by atoms with E-state index in [1.165, 1.54) is 4.90 Å². The van der Waals surface area contributed by atoms with Crippen molar-refractivity contribution in [2.75, 3.05) is 26.3 Å². The molecule has 13 heavy (non-hydrogen) atoms. The van der Waals surface area contributed by atoms with E-state index in [9.17, 15) is 8.78 Å². The van der Waals surface area contributed by atoms with Crippen LogP contribution in [0.25, 0.3) is 0 Å². The SMILES string of the molecule is CCN(CC)C(F)(F)C1CCOC1. The van der Waals surface area contributed by atoms with E-state index in [0.29, 0.717) is 26.1 Å². The number of nitrogens with zero attached hydrogens (tertiary/aromatic N) is 1.